The number of hydrogen-bond acceptors (Lipinski definition) is 6. The monoisotopic (exact) mass is 470 g/mol. The maximum Gasteiger partial charge on any atom is 0.126 e. The molecule has 180 valence electrons. The lowest BCUT2D eigenvalue weighted by atomic mass is 9.92. The zero-order valence-electron chi connectivity index (χ0n) is 20.3. The van der Waals surface area contributed by atoms with Gasteiger partial charge in [0.2, 0.25) is 0 Å². The second-order valence-corrected chi connectivity index (χ2v) is 11.2. The second kappa shape index (κ2) is 10.6. The van der Waals surface area contributed by atoms with Gasteiger partial charge >= 0.3 is 0 Å². The number of rotatable bonds is 6. The number of anilines is 2. The molecule has 1 aliphatic carbocycles. The van der Waals surface area contributed by atoms with Crippen LogP contribution in [0.5, 0.6) is 0 Å². The Balaban J connectivity index is 1.37. The van der Waals surface area contributed by atoms with Gasteiger partial charge < -0.3 is 16.4 Å². The van der Waals surface area contributed by atoms with E-state index in [1.54, 1.807) is 6.20 Å². The van der Waals surface area contributed by atoms with Gasteiger partial charge in [-0.05, 0) is 90.4 Å². The molecule has 0 bridgehead atoms. The second-order valence-electron chi connectivity index (χ2n) is 10.7. The molecule has 0 atom stereocenters. The third kappa shape index (κ3) is 6.58. The molecule has 33 heavy (non-hydrogen) atoms. The highest BCUT2D eigenvalue weighted by molar-refractivity contribution is 6.33. The number of nitrogens with one attached hydrogen (secondary N) is 2. The minimum Gasteiger partial charge on any atom is -0.384 e. The van der Waals surface area contributed by atoms with Gasteiger partial charge in [0.25, 0.3) is 0 Å². The average molecular weight is 471 g/mol. The molecule has 4 N–H and O–H groups in total. The Morgan fingerprint density at radius 3 is 2.45 bits per heavy atom. The lowest BCUT2D eigenvalue weighted by Crippen LogP contribution is -2.46. The lowest BCUT2D eigenvalue weighted by Gasteiger charge is -2.41. The van der Waals surface area contributed by atoms with E-state index in [-0.39, 0.29) is 5.54 Å². The molecule has 2 aliphatic rings. The van der Waals surface area contributed by atoms with Gasteiger partial charge in [0.15, 0.2) is 0 Å². The number of hydrogen-bond donors (Lipinski definition) is 3. The summed E-state index contributed by atoms with van der Waals surface area (Å²) in [7, 11) is 0. The van der Waals surface area contributed by atoms with Crippen molar-refractivity contribution in [3.63, 3.8) is 0 Å². The normalized spacial score (nSPS) is 22.8. The van der Waals surface area contributed by atoms with Crippen LogP contribution in [0.4, 0.5) is 11.5 Å². The molecular formula is C26H39ClN6. The first-order valence-electron chi connectivity index (χ1n) is 12.4. The van der Waals surface area contributed by atoms with Crippen molar-refractivity contribution < 1.29 is 0 Å². The van der Waals surface area contributed by atoms with Crippen LogP contribution in [0.1, 0.15) is 59.3 Å². The highest BCUT2D eigenvalue weighted by Gasteiger charge is 2.26. The third-order valence-corrected chi connectivity index (χ3v) is 7.49. The number of halogens is 1. The highest BCUT2D eigenvalue weighted by atomic mass is 35.5. The first-order chi connectivity index (χ1) is 15.8. The van der Waals surface area contributed by atoms with Crippen LogP contribution in [0, 0.1) is 5.92 Å². The van der Waals surface area contributed by atoms with E-state index in [1.807, 2.05) is 18.5 Å². The van der Waals surface area contributed by atoms with E-state index in [4.69, 9.17) is 17.3 Å². The van der Waals surface area contributed by atoms with Crippen LogP contribution in [-0.2, 0) is 0 Å². The Morgan fingerprint density at radius 2 is 1.76 bits per heavy atom. The maximum atomic E-state index is 6.53. The van der Waals surface area contributed by atoms with Gasteiger partial charge in [-0.1, -0.05) is 11.6 Å². The van der Waals surface area contributed by atoms with Crippen molar-refractivity contribution in [2.24, 2.45) is 11.7 Å². The summed E-state index contributed by atoms with van der Waals surface area (Å²) in [5.41, 5.74) is 9.30. The average Bonchev–Trinajstić information content (AvgIpc) is 2.80. The van der Waals surface area contributed by atoms with Crippen LogP contribution in [0.3, 0.4) is 0 Å². The fourth-order valence-electron chi connectivity index (χ4n) is 4.97. The zero-order chi connectivity index (χ0) is 23.4. The Hall–Kier alpha value is -1.89. The summed E-state index contributed by atoms with van der Waals surface area (Å²) in [5.74, 6) is 1.55. The quantitative estimate of drug-likeness (QED) is 0.524. The molecule has 1 aliphatic heterocycles. The van der Waals surface area contributed by atoms with Gasteiger partial charge in [-0.3, -0.25) is 9.88 Å². The van der Waals surface area contributed by atoms with Crippen LogP contribution in [0.15, 0.2) is 30.7 Å². The summed E-state index contributed by atoms with van der Waals surface area (Å²) in [5, 5.41) is 7.82. The predicted molar refractivity (Wildman–Crippen MR) is 139 cm³/mol. The summed E-state index contributed by atoms with van der Waals surface area (Å²) in [6.45, 7) is 10.2. The van der Waals surface area contributed by atoms with E-state index < -0.39 is 0 Å². The fourth-order valence-corrected chi connectivity index (χ4v) is 5.18. The molecule has 1 saturated carbocycles. The molecule has 0 unspecified atom stereocenters. The van der Waals surface area contributed by atoms with E-state index in [1.165, 1.54) is 25.9 Å². The molecule has 6 nitrogen and oxygen atoms in total. The first kappa shape index (κ1) is 24.2. The number of nitrogens with two attached hydrogens (primary N) is 1. The number of likely N-dealkylation sites (tertiary alicyclic amines) is 1. The zero-order valence-corrected chi connectivity index (χ0v) is 21.0. The van der Waals surface area contributed by atoms with E-state index in [0.29, 0.717) is 23.0 Å². The first-order valence-corrected chi connectivity index (χ1v) is 12.8. The van der Waals surface area contributed by atoms with Crippen molar-refractivity contribution in [2.45, 2.75) is 76.9 Å². The Morgan fingerprint density at radius 1 is 1.03 bits per heavy atom. The molecule has 0 spiro atoms. The minimum atomic E-state index is 0.262. The van der Waals surface area contributed by atoms with Gasteiger partial charge in [-0.15, -0.1) is 0 Å². The van der Waals surface area contributed by atoms with E-state index in [9.17, 15) is 0 Å². The van der Waals surface area contributed by atoms with Crippen molar-refractivity contribution in [1.29, 1.82) is 0 Å². The Kier molecular flexibility index (Phi) is 7.77. The summed E-state index contributed by atoms with van der Waals surface area (Å²) in [4.78, 5) is 11.6. The topological polar surface area (TPSA) is 79.1 Å². The number of piperidine rings is 1. The van der Waals surface area contributed by atoms with Crippen molar-refractivity contribution >= 4 is 23.1 Å². The van der Waals surface area contributed by atoms with E-state index in [0.717, 1.165) is 54.9 Å². The molecule has 0 radical (unpaired) electrons. The van der Waals surface area contributed by atoms with Gasteiger partial charge in [0.1, 0.15) is 5.82 Å². The largest absolute Gasteiger partial charge is 0.384 e. The van der Waals surface area contributed by atoms with Gasteiger partial charge in [-0.25, -0.2) is 4.98 Å². The van der Waals surface area contributed by atoms with Gasteiger partial charge in [0, 0.05) is 53.9 Å². The highest BCUT2D eigenvalue weighted by Crippen LogP contribution is 2.31. The summed E-state index contributed by atoms with van der Waals surface area (Å²) < 4.78 is 0. The predicted octanol–water partition coefficient (Wildman–Crippen LogP) is 5.40. The summed E-state index contributed by atoms with van der Waals surface area (Å²) in [6, 6.07) is 4.94. The maximum absolute atomic E-state index is 6.53. The molecule has 2 fully saturated rings. The standard InChI is InChI=1S/C26H39ClN6/c1-26(2,3)33-10-8-18(9-11-33)14-30-22-12-19(15-29-16-22)23-13-25(31-17-24(23)27)32-21-6-4-20(28)5-7-21/h12-13,15-18,20-21,30H,4-11,14,28H2,1-3H3,(H,31,32)/t20-,21-. The fraction of sp³-hybridized carbons (Fsp3) is 0.615. The molecular weight excluding hydrogens is 432 g/mol. The molecule has 1 saturated heterocycles. The number of aromatic nitrogens is 2. The van der Waals surface area contributed by atoms with Crippen LogP contribution in [0.2, 0.25) is 5.02 Å². The van der Waals surface area contributed by atoms with Gasteiger partial charge in [0.05, 0.1) is 10.7 Å². The van der Waals surface area contributed by atoms with Gasteiger partial charge in [-0.2, -0.15) is 0 Å². The summed E-state index contributed by atoms with van der Waals surface area (Å²) in [6.07, 6.45) is 12.2. The van der Waals surface area contributed by atoms with E-state index >= 15 is 0 Å². The number of pyridine rings is 2. The smallest absolute Gasteiger partial charge is 0.126 e. The molecule has 3 heterocycles. The molecule has 0 aromatic carbocycles. The summed E-state index contributed by atoms with van der Waals surface area (Å²) >= 11 is 6.53. The lowest BCUT2D eigenvalue weighted by molar-refractivity contribution is 0.0903. The van der Waals surface area contributed by atoms with Crippen LogP contribution in [-0.4, -0.2) is 52.1 Å². The Bertz CT molecular complexity index is 911. The SMILES string of the molecule is CC(C)(C)N1CCC(CNc2cncc(-c3cc(N[C@H]4CC[C@H](N)CC4)ncc3Cl)c2)CC1. The molecule has 2 aromatic heterocycles. The Labute approximate surface area is 203 Å². The van der Waals surface area contributed by atoms with Crippen molar-refractivity contribution in [1.82, 2.24) is 14.9 Å². The molecule has 0 amide bonds. The van der Waals surface area contributed by atoms with Crippen LogP contribution >= 0.6 is 11.6 Å². The molecule has 4 rings (SSSR count). The van der Waals surface area contributed by atoms with Crippen molar-refractivity contribution in [3.05, 3.63) is 35.7 Å². The van der Waals surface area contributed by atoms with Crippen molar-refractivity contribution in [3.8, 4) is 11.1 Å². The molecule has 2 aromatic rings. The van der Waals surface area contributed by atoms with E-state index in [2.05, 4.69) is 52.3 Å². The molecule has 7 heteroatoms. The number of nitrogens with zero attached hydrogens (tertiary/aromatic N) is 3. The third-order valence-electron chi connectivity index (χ3n) is 7.19. The van der Waals surface area contributed by atoms with Crippen LogP contribution in [0.25, 0.3) is 11.1 Å². The minimum absolute atomic E-state index is 0.262. The van der Waals surface area contributed by atoms with Crippen LogP contribution < -0.4 is 16.4 Å². The van der Waals surface area contributed by atoms with Crippen molar-refractivity contribution in [2.75, 3.05) is 30.3 Å².